The number of nitrogens with zero attached hydrogens (tertiary/aromatic N) is 1. The molecule has 3 aromatic rings. The zero-order valence-corrected chi connectivity index (χ0v) is 16.9. The van der Waals surface area contributed by atoms with Crippen molar-refractivity contribution in [2.24, 2.45) is 0 Å². The lowest BCUT2D eigenvalue weighted by atomic mass is 10.1. The SMILES string of the molecule is Cc1ccc(C(=O)NCc2ccc3c(c2)N(C(=O)c2ccc(Cl)cc2)CC3)cc1. The summed E-state index contributed by atoms with van der Waals surface area (Å²) < 4.78 is 0. The van der Waals surface area contributed by atoms with Crippen molar-refractivity contribution in [2.75, 3.05) is 11.4 Å². The van der Waals surface area contributed by atoms with Crippen molar-refractivity contribution in [3.63, 3.8) is 0 Å². The van der Waals surface area contributed by atoms with Gasteiger partial charge in [0.2, 0.25) is 0 Å². The molecule has 0 fully saturated rings. The van der Waals surface area contributed by atoms with Gasteiger partial charge in [0, 0.05) is 34.9 Å². The first-order valence-electron chi connectivity index (χ1n) is 9.55. The summed E-state index contributed by atoms with van der Waals surface area (Å²) in [6, 6.07) is 20.5. The van der Waals surface area contributed by atoms with Gasteiger partial charge in [0.05, 0.1) is 0 Å². The Balaban J connectivity index is 1.48. The highest BCUT2D eigenvalue weighted by Gasteiger charge is 2.25. The van der Waals surface area contributed by atoms with E-state index >= 15 is 0 Å². The largest absolute Gasteiger partial charge is 0.348 e. The molecule has 0 saturated carbocycles. The highest BCUT2D eigenvalue weighted by Crippen LogP contribution is 2.30. The van der Waals surface area contributed by atoms with Gasteiger partial charge in [-0.25, -0.2) is 0 Å². The molecule has 2 amide bonds. The lowest BCUT2D eigenvalue weighted by Gasteiger charge is -2.18. The fraction of sp³-hybridized carbons (Fsp3) is 0.167. The first kappa shape index (κ1) is 19.2. The van der Waals surface area contributed by atoms with Crippen molar-refractivity contribution in [1.29, 1.82) is 0 Å². The van der Waals surface area contributed by atoms with Crippen molar-refractivity contribution in [1.82, 2.24) is 5.32 Å². The van der Waals surface area contributed by atoms with Crippen molar-refractivity contribution in [3.8, 4) is 0 Å². The summed E-state index contributed by atoms with van der Waals surface area (Å²) in [6.45, 7) is 3.04. The normalized spacial score (nSPS) is 12.6. The van der Waals surface area contributed by atoms with Gasteiger partial charge < -0.3 is 10.2 Å². The standard InChI is InChI=1S/C24H21ClN2O2/c1-16-2-5-19(6-3-16)23(28)26-15-17-4-7-18-12-13-27(22(18)14-17)24(29)20-8-10-21(25)11-9-20/h2-11,14H,12-13,15H2,1H3,(H,26,28). The monoisotopic (exact) mass is 404 g/mol. The molecule has 0 radical (unpaired) electrons. The predicted molar refractivity (Wildman–Crippen MR) is 116 cm³/mol. The number of fused-ring (bicyclic) bond motifs is 1. The van der Waals surface area contributed by atoms with Crippen molar-refractivity contribution >= 4 is 29.1 Å². The summed E-state index contributed by atoms with van der Waals surface area (Å²) >= 11 is 5.93. The number of aryl methyl sites for hydroxylation is 1. The number of rotatable bonds is 4. The topological polar surface area (TPSA) is 49.4 Å². The Hall–Kier alpha value is -3.11. The summed E-state index contributed by atoms with van der Waals surface area (Å²) in [5.74, 6) is -0.152. The van der Waals surface area contributed by atoms with E-state index in [0.29, 0.717) is 29.2 Å². The van der Waals surface area contributed by atoms with Crippen LogP contribution in [0.4, 0.5) is 5.69 Å². The van der Waals surface area contributed by atoms with E-state index in [1.165, 1.54) is 0 Å². The molecule has 29 heavy (non-hydrogen) atoms. The van der Waals surface area contributed by atoms with Crippen LogP contribution in [0.5, 0.6) is 0 Å². The van der Waals surface area contributed by atoms with Gasteiger partial charge in [0.1, 0.15) is 0 Å². The van der Waals surface area contributed by atoms with Crippen LogP contribution < -0.4 is 10.2 Å². The maximum absolute atomic E-state index is 12.9. The Bertz CT molecular complexity index is 1060. The molecule has 4 rings (SSSR count). The molecule has 1 aliphatic rings. The molecule has 0 bridgehead atoms. The van der Waals surface area contributed by atoms with Crippen LogP contribution in [0.15, 0.2) is 66.7 Å². The van der Waals surface area contributed by atoms with Gasteiger partial charge in [-0.3, -0.25) is 9.59 Å². The molecule has 1 N–H and O–H groups in total. The van der Waals surface area contributed by atoms with E-state index in [4.69, 9.17) is 11.6 Å². The smallest absolute Gasteiger partial charge is 0.258 e. The van der Waals surface area contributed by atoms with Gasteiger partial charge in [-0.15, -0.1) is 0 Å². The van der Waals surface area contributed by atoms with Gasteiger partial charge in [-0.2, -0.15) is 0 Å². The zero-order valence-electron chi connectivity index (χ0n) is 16.1. The summed E-state index contributed by atoms with van der Waals surface area (Å²) in [7, 11) is 0. The van der Waals surface area contributed by atoms with E-state index in [0.717, 1.165) is 28.8 Å². The van der Waals surface area contributed by atoms with E-state index in [9.17, 15) is 9.59 Å². The highest BCUT2D eigenvalue weighted by molar-refractivity contribution is 6.30. The number of halogens is 1. The van der Waals surface area contributed by atoms with Crippen molar-refractivity contribution in [2.45, 2.75) is 19.9 Å². The van der Waals surface area contributed by atoms with Crippen molar-refractivity contribution < 1.29 is 9.59 Å². The minimum Gasteiger partial charge on any atom is -0.348 e. The average molecular weight is 405 g/mol. The van der Waals surface area contributed by atoms with Crippen LogP contribution in [0.1, 0.15) is 37.4 Å². The third-order valence-corrected chi connectivity index (χ3v) is 5.40. The Morgan fingerprint density at radius 3 is 2.38 bits per heavy atom. The molecule has 0 spiro atoms. The summed E-state index contributed by atoms with van der Waals surface area (Å²) in [6.07, 6.45) is 0.824. The molecule has 0 atom stereocenters. The maximum Gasteiger partial charge on any atom is 0.258 e. The van der Waals surface area contributed by atoms with E-state index in [-0.39, 0.29) is 11.8 Å². The Morgan fingerprint density at radius 2 is 1.66 bits per heavy atom. The third kappa shape index (κ3) is 4.17. The number of hydrogen-bond donors (Lipinski definition) is 1. The summed E-state index contributed by atoms with van der Waals surface area (Å²) in [5.41, 5.74) is 5.37. The second kappa shape index (κ2) is 8.10. The van der Waals surface area contributed by atoms with Gasteiger partial charge in [-0.1, -0.05) is 41.4 Å². The maximum atomic E-state index is 12.9. The van der Waals surface area contributed by atoms with Crippen LogP contribution in [-0.2, 0) is 13.0 Å². The fourth-order valence-electron chi connectivity index (χ4n) is 3.48. The first-order chi connectivity index (χ1) is 14.0. The van der Waals surface area contributed by atoms with Crippen LogP contribution in [0.2, 0.25) is 5.02 Å². The molecule has 5 heteroatoms. The third-order valence-electron chi connectivity index (χ3n) is 5.15. The van der Waals surface area contributed by atoms with Crippen LogP contribution >= 0.6 is 11.6 Å². The van der Waals surface area contributed by atoms with E-state index in [1.54, 1.807) is 29.2 Å². The number of nitrogens with one attached hydrogen (secondary N) is 1. The van der Waals surface area contributed by atoms with Gasteiger partial charge >= 0.3 is 0 Å². The number of hydrogen-bond acceptors (Lipinski definition) is 2. The van der Waals surface area contributed by atoms with Crippen LogP contribution in [-0.4, -0.2) is 18.4 Å². The van der Waals surface area contributed by atoms with Crippen molar-refractivity contribution in [3.05, 3.63) is 99.6 Å². The van der Waals surface area contributed by atoms with E-state index < -0.39 is 0 Å². The number of carbonyl (C=O) groups is 2. The minimum atomic E-state index is -0.111. The second-order valence-electron chi connectivity index (χ2n) is 7.23. The average Bonchev–Trinajstić information content (AvgIpc) is 3.16. The lowest BCUT2D eigenvalue weighted by Crippen LogP contribution is -2.29. The molecule has 4 nitrogen and oxygen atoms in total. The number of amides is 2. The lowest BCUT2D eigenvalue weighted by molar-refractivity contribution is 0.0949. The fourth-order valence-corrected chi connectivity index (χ4v) is 3.61. The molecule has 0 aliphatic carbocycles. The van der Waals surface area contributed by atoms with Gasteiger partial charge in [-0.05, 0) is 66.9 Å². The van der Waals surface area contributed by atoms with Gasteiger partial charge in [0.25, 0.3) is 11.8 Å². The number of anilines is 1. The Kier molecular flexibility index (Phi) is 5.36. The first-order valence-corrected chi connectivity index (χ1v) is 9.93. The molecule has 0 unspecified atom stereocenters. The Labute approximate surface area is 175 Å². The van der Waals surface area contributed by atoms with E-state index in [1.807, 2.05) is 49.4 Å². The molecule has 0 aromatic heterocycles. The molecule has 0 saturated heterocycles. The van der Waals surface area contributed by atoms with Crippen LogP contribution in [0.3, 0.4) is 0 Å². The van der Waals surface area contributed by atoms with Crippen LogP contribution in [0.25, 0.3) is 0 Å². The quantitative estimate of drug-likeness (QED) is 0.680. The number of benzene rings is 3. The molecule has 1 aliphatic heterocycles. The molecule has 3 aromatic carbocycles. The predicted octanol–water partition coefficient (Wildman–Crippen LogP) is 4.78. The number of carbonyl (C=O) groups excluding carboxylic acids is 2. The molecule has 1 heterocycles. The molecular formula is C24H21ClN2O2. The summed E-state index contributed by atoms with van der Waals surface area (Å²) in [4.78, 5) is 27.1. The van der Waals surface area contributed by atoms with Crippen LogP contribution in [0, 0.1) is 6.92 Å². The zero-order chi connectivity index (χ0) is 20.4. The second-order valence-corrected chi connectivity index (χ2v) is 7.66. The molecule has 146 valence electrons. The van der Waals surface area contributed by atoms with Gasteiger partial charge in [0.15, 0.2) is 0 Å². The molecular weight excluding hydrogens is 384 g/mol. The Morgan fingerprint density at radius 1 is 0.966 bits per heavy atom. The van der Waals surface area contributed by atoms with E-state index in [2.05, 4.69) is 5.32 Å². The highest BCUT2D eigenvalue weighted by atomic mass is 35.5. The minimum absolute atomic E-state index is 0.0405. The summed E-state index contributed by atoms with van der Waals surface area (Å²) in [5, 5.41) is 3.56.